The van der Waals surface area contributed by atoms with Crippen LogP contribution in [0.15, 0.2) is 24.5 Å². The van der Waals surface area contributed by atoms with Crippen LogP contribution < -0.4 is 0 Å². The molecule has 1 aromatic heterocycles. The van der Waals surface area contributed by atoms with E-state index < -0.39 is 0 Å². The van der Waals surface area contributed by atoms with E-state index in [1.165, 1.54) is 5.56 Å². The average molecular weight is 198 g/mol. The summed E-state index contributed by atoms with van der Waals surface area (Å²) < 4.78 is 0. The Morgan fingerprint density at radius 2 is 1.85 bits per heavy atom. The van der Waals surface area contributed by atoms with Crippen molar-refractivity contribution in [1.82, 2.24) is 4.98 Å². The Morgan fingerprint density at radius 1 is 1.31 bits per heavy atom. The second kappa shape index (κ2) is 4.10. The minimum absolute atomic E-state index is 0.158. The van der Waals surface area contributed by atoms with Crippen LogP contribution >= 0.6 is 11.6 Å². The molecule has 13 heavy (non-hydrogen) atoms. The number of aromatic nitrogens is 1. The van der Waals surface area contributed by atoms with E-state index in [-0.39, 0.29) is 10.8 Å². The molecule has 0 amide bonds. The highest BCUT2D eigenvalue weighted by Crippen LogP contribution is 2.27. The molecule has 1 nitrogen and oxygen atoms in total. The van der Waals surface area contributed by atoms with E-state index in [1.54, 1.807) is 0 Å². The van der Waals surface area contributed by atoms with Gasteiger partial charge in [-0.2, -0.15) is 0 Å². The molecule has 0 aliphatic heterocycles. The van der Waals surface area contributed by atoms with Crippen molar-refractivity contribution in [3.8, 4) is 0 Å². The summed E-state index contributed by atoms with van der Waals surface area (Å²) in [4.78, 5) is 3.97. The molecule has 1 heterocycles. The van der Waals surface area contributed by atoms with Crippen LogP contribution in [0.25, 0.3) is 0 Å². The molecule has 0 spiro atoms. The molecule has 0 aromatic carbocycles. The van der Waals surface area contributed by atoms with Crippen LogP contribution in [-0.4, -0.2) is 10.4 Å². The summed E-state index contributed by atoms with van der Waals surface area (Å²) in [6, 6.07) is 4.03. The topological polar surface area (TPSA) is 12.9 Å². The fourth-order valence-electron chi connectivity index (χ4n) is 1.03. The summed E-state index contributed by atoms with van der Waals surface area (Å²) in [5, 5.41) is 0.176. The maximum absolute atomic E-state index is 6.27. The predicted molar refractivity (Wildman–Crippen MR) is 57.0 cm³/mol. The molecule has 0 saturated heterocycles. The molecule has 0 bridgehead atoms. The molecule has 0 aliphatic rings. The molecular formula is C11H16ClN. The Bertz CT molecular complexity index is 251. The number of alkyl halides is 1. The SMILES string of the molecule is CC(C)(C)C(Cl)Cc1ccncc1. The van der Waals surface area contributed by atoms with Crippen molar-refractivity contribution < 1.29 is 0 Å². The van der Waals surface area contributed by atoms with Crippen LogP contribution in [0.4, 0.5) is 0 Å². The van der Waals surface area contributed by atoms with Gasteiger partial charge >= 0.3 is 0 Å². The predicted octanol–water partition coefficient (Wildman–Crippen LogP) is 3.28. The third kappa shape index (κ3) is 3.35. The van der Waals surface area contributed by atoms with E-state index in [1.807, 2.05) is 24.5 Å². The Balaban J connectivity index is 2.61. The lowest BCUT2D eigenvalue weighted by Gasteiger charge is -2.24. The highest BCUT2D eigenvalue weighted by Gasteiger charge is 2.22. The number of pyridine rings is 1. The van der Waals surface area contributed by atoms with Gasteiger partial charge in [0.2, 0.25) is 0 Å². The third-order valence-corrected chi connectivity index (χ3v) is 2.91. The fraction of sp³-hybridized carbons (Fsp3) is 0.545. The largest absolute Gasteiger partial charge is 0.265 e. The zero-order valence-electron chi connectivity index (χ0n) is 8.42. The van der Waals surface area contributed by atoms with Crippen molar-refractivity contribution in [2.24, 2.45) is 5.41 Å². The third-order valence-electron chi connectivity index (χ3n) is 2.10. The normalized spacial score (nSPS) is 14.2. The lowest BCUT2D eigenvalue weighted by molar-refractivity contribution is 0.386. The van der Waals surface area contributed by atoms with Crippen LogP contribution in [0.1, 0.15) is 26.3 Å². The summed E-state index contributed by atoms with van der Waals surface area (Å²) in [7, 11) is 0. The van der Waals surface area contributed by atoms with E-state index in [2.05, 4.69) is 25.8 Å². The second-order valence-corrected chi connectivity index (χ2v) is 4.92. The number of rotatable bonds is 2. The molecule has 1 rings (SSSR count). The molecule has 0 aliphatic carbocycles. The lowest BCUT2D eigenvalue weighted by Crippen LogP contribution is -2.22. The van der Waals surface area contributed by atoms with Crippen molar-refractivity contribution >= 4 is 11.6 Å². The highest BCUT2D eigenvalue weighted by molar-refractivity contribution is 6.21. The van der Waals surface area contributed by atoms with Crippen LogP contribution in [-0.2, 0) is 6.42 Å². The molecule has 0 radical (unpaired) electrons. The monoisotopic (exact) mass is 197 g/mol. The van der Waals surface area contributed by atoms with Crippen LogP contribution in [0.5, 0.6) is 0 Å². The number of hydrogen-bond acceptors (Lipinski definition) is 1. The van der Waals surface area contributed by atoms with Gasteiger partial charge in [0.1, 0.15) is 0 Å². The van der Waals surface area contributed by atoms with E-state index in [0.29, 0.717) is 0 Å². The van der Waals surface area contributed by atoms with Gasteiger partial charge < -0.3 is 0 Å². The number of halogens is 1. The fourth-order valence-corrected chi connectivity index (χ4v) is 1.21. The molecule has 1 atom stereocenters. The van der Waals surface area contributed by atoms with Crippen molar-refractivity contribution in [2.75, 3.05) is 0 Å². The molecule has 0 fully saturated rings. The lowest BCUT2D eigenvalue weighted by atomic mass is 9.88. The maximum atomic E-state index is 6.27. The minimum Gasteiger partial charge on any atom is -0.265 e. The van der Waals surface area contributed by atoms with Crippen molar-refractivity contribution in [1.29, 1.82) is 0 Å². The Hall–Kier alpha value is -0.560. The Morgan fingerprint density at radius 3 is 2.31 bits per heavy atom. The van der Waals surface area contributed by atoms with Gasteiger partial charge in [-0.25, -0.2) is 0 Å². The zero-order valence-corrected chi connectivity index (χ0v) is 9.17. The van der Waals surface area contributed by atoms with Gasteiger partial charge in [0.15, 0.2) is 0 Å². The molecule has 0 N–H and O–H groups in total. The second-order valence-electron chi connectivity index (χ2n) is 4.39. The van der Waals surface area contributed by atoms with E-state index in [4.69, 9.17) is 11.6 Å². The van der Waals surface area contributed by atoms with E-state index >= 15 is 0 Å². The first-order chi connectivity index (χ1) is 6.00. The minimum atomic E-state index is 0.158. The first-order valence-corrected chi connectivity index (χ1v) is 4.97. The summed E-state index contributed by atoms with van der Waals surface area (Å²) in [6.07, 6.45) is 4.52. The molecular weight excluding hydrogens is 182 g/mol. The van der Waals surface area contributed by atoms with Crippen molar-refractivity contribution in [3.05, 3.63) is 30.1 Å². The highest BCUT2D eigenvalue weighted by atomic mass is 35.5. The van der Waals surface area contributed by atoms with Crippen molar-refractivity contribution in [3.63, 3.8) is 0 Å². The molecule has 1 aromatic rings. The van der Waals surface area contributed by atoms with Crippen LogP contribution in [0, 0.1) is 5.41 Å². The summed E-state index contributed by atoms with van der Waals surface area (Å²) >= 11 is 6.27. The molecule has 1 unspecified atom stereocenters. The van der Waals surface area contributed by atoms with Gasteiger partial charge in [-0.15, -0.1) is 11.6 Å². The standard InChI is InChI=1S/C11H16ClN/c1-11(2,3)10(12)8-9-4-6-13-7-5-9/h4-7,10H,8H2,1-3H3. The van der Waals surface area contributed by atoms with Gasteiger partial charge in [0.05, 0.1) is 0 Å². The number of hydrogen-bond donors (Lipinski definition) is 0. The smallest absolute Gasteiger partial charge is 0.0424 e. The molecule has 2 heteroatoms. The first-order valence-electron chi connectivity index (χ1n) is 4.53. The first kappa shape index (κ1) is 10.5. The van der Waals surface area contributed by atoms with E-state index in [0.717, 1.165) is 6.42 Å². The van der Waals surface area contributed by atoms with Crippen molar-refractivity contribution in [2.45, 2.75) is 32.6 Å². The Kier molecular flexibility index (Phi) is 3.32. The van der Waals surface area contributed by atoms with Gasteiger partial charge in [-0.1, -0.05) is 20.8 Å². The van der Waals surface area contributed by atoms with Gasteiger partial charge in [-0.3, -0.25) is 4.98 Å². The summed E-state index contributed by atoms with van der Waals surface area (Å²) in [5.74, 6) is 0. The quantitative estimate of drug-likeness (QED) is 0.664. The van der Waals surface area contributed by atoms with Crippen LogP contribution in [0.2, 0.25) is 0 Å². The molecule has 72 valence electrons. The van der Waals surface area contributed by atoms with Gasteiger partial charge in [-0.05, 0) is 29.5 Å². The molecule has 0 saturated carbocycles. The summed E-state index contributed by atoms with van der Waals surface area (Å²) in [6.45, 7) is 6.48. The zero-order chi connectivity index (χ0) is 9.90. The van der Waals surface area contributed by atoms with Gasteiger partial charge in [0.25, 0.3) is 0 Å². The van der Waals surface area contributed by atoms with Gasteiger partial charge in [0, 0.05) is 17.8 Å². The van der Waals surface area contributed by atoms with E-state index in [9.17, 15) is 0 Å². The average Bonchev–Trinajstić information content (AvgIpc) is 2.04. The van der Waals surface area contributed by atoms with Crippen LogP contribution in [0.3, 0.4) is 0 Å². The Labute approximate surface area is 85.1 Å². The summed E-state index contributed by atoms with van der Waals surface area (Å²) in [5.41, 5.74) is 1.41. The maximum Gasteiger partial charge on any atom is 0.0424 e. The number of nitrogens with zero attached hydrogens (tertiary/aromatic N) is 1.